The van der Waals surface area contributed by atoms with E-state index in [1.165, 1.54) is 22.3 Å². The molecule has 0 saturated carbocycles. The molecule has 0 aromatic heterocycles. The van der Waals surface area contributed by atoms with Crippen LogP contribution in [0.1, 0.15) is 50.7 Å². The summed E-state index contributed by atoms with van der Waals surface area (Å²) in [4.78, 5) is 0. The molecular weight excluding hydrogens is 216 g/mol. The van der Waals surface area contributed by atoms with Crippen molar-refractivity contribution in [3.05, 3.63) is 59.7 Å². The van der Waals surface area contributed by atoms with E-state index in [0.29, 0.717) is 11.8 Å². The molecule has 0 aliphatic heterocycles. The third-order valence-corrected chi connectivity index (χ3v) is 3.33. The molecule has 0 N–H and O–H groups in total. The molecule has 2 aromatic rings. The first-order chi connectivity index (χ1) is 8.61. The standard InChI is InChI=1S/C18H21/c1-13(2)16-11-8-12-17(18(16)14(3)4)15-9-6-5-7-10-15/h5-11,13-14H,1-4H3. The second-order valence-electron chi connectivity index (χ2n) is 5.40. The predicted octanol–water partition coefficient (Wildman–Crippen LogP) is 5.40. The number of rotatable bonds is 3. The van der Waals surface area contributed by atoms with E-state index < -0.39 is 0 Å². The van der Waals surface area contributed by atoms with Crippen molar-refractivity contribution in [3.8, 4) is 11.1 Å². The van der Waals surface area contributed by atoms with Gasteiger partial charge in [0.05, 0.1) is 0 Å². The topological polar surface area (TPSA) is 0 Å². The Bertz CT molecular complexity index is 507. The van der Waals surface area contributed by atoms with Crippen LogP contribution in [0.15, 0.2) is 42.5 Å². The molecule has 0 saturated heterocycles. The van der Waals surface area contributed by atoms with Gasteiger partial charge in [0.15, 0.2) is 0 Å². The molecule has 0 bridgehead atoms. The zero-order chi connectivity index (χ0) is 13.1. The van der Waals surface area contributed by atoms with Crippen LogP contribution in [0, 0.1) is 6.07 Å². The van der Waals surface area contributed by atoms with Gasteiger partial charge in [-0.15, -0.1) is 0 Å². The van der Waals surface area contributed by atoms with Crippen LogP contribution in [0.3, 0.4) is 0 Å². The van der Waals surface area contributed by atoms with Crippen molar-refractivity contribution < 1.29 is 0 Å². The molecule has 0 unspecified atom stereocenters. The zero-order valence-electron chi connectivity index (χ0n) is 11.7. The second kappa shape index (κ2) is 5.39. The van der Waals surface area contributed by atoms with E-state index in [1.54, 1.807) is 0 Å². The molecule has 0 amide bonds. The van der Waals surface area contributed by atoms with Gasteiger partial charge in [0.25, 0.3) is 0 Å². The molecule has 0 aliphatic rings. The van der Waals surface area contributed by atoms with Gasteiger partial charge >= 0.3 is 0 Å². The lowest BCUT2D eigenvalue weighted by molar-refractivity contribution is 0.792. The van der Waals surface area contributed by atoms with Crippen LogP contribution < -0.4 is 0 Å². The van der Waals surface area contributed by atoms with Crippen molar-refractivity contribution in [1.82, 2.24) is 0 Å². The summed E-state index contributed by atoms with van der Waals surface area (Å²) in [6, 6.07) is 18.3. The van der Waals surface area contributed by atoms with Crippen molar-refractivity contribution in [2.24, 2.45) is 0 Å². The van der Waals surface area contributed by atoms with E-state index >= 15 is 0 Å². The number of hydrogen-bond donors (Lipinski definition) is 0. The summed E-state index contributed by atoms with van der Waals surface area (Å²) < 4.78 is 0. The fourth-order valence-electron chi connectivity index (χ4n) is 2.50. The lowest BCUT2D eigenvalue weighted by Crippen LogP contribution is -2.01. The summed E-state index contributed by atoms with van der Waals surface area (Å²) in [6.07, 6.45) is 0. The summed E-state index contributed by atoms with van der Waals surface area (Å²) in [7, 11) is 0. The molecule has 2 rings (SSSR count). The van der Waals surface area contributed by atoms with Gasteiger partial charge in [0.2, 0.25) is 0 Å². The van der Waals surface area contributed by atoms with Gasteiger partial charge in [-0.1, -0.05) is 70.2 Å². The fourth-order valence-corrected chi connectivity index (χ4v) is 2.50. The van der Waals surface area contributed by atoms with E-state index in [0.717, 1.165) is 0 Å². The largest absolute Gasteiger partial charge is 0.0622 e. The third kappa shape index (κ3) is 2.48. The van der Waals surface area contributed by atoms with Gasteiger partial charge in [-0.05, 0) is 40.2 Å². The summed E-state index contributed by atoms with van der Waals surface area (Å²) in [5.74, 6) is 1.08. The van der Waals surface area contributed by atoms with Gasteiger partial charge in [-0.3, -0.25) is 0 Å². The molecule has 0 heteroatoms. The minimum atomic E-state index is 0.523. The van der Waals surface area contributed by atoms with Crippen LogP contribution in [-0.4, -0.2) is 0 Å². The van der Waals surface area contributed by atoms with Crippen LogP contribution in [-0.2, 0) is 0 Å². The van der Waals surface area contributed by atoms with Crippen molar-refractivity contribution in [2.45, 2.75) is 39.5 Å². The van der Waals surface area contributed by atoms with Crippen molar-refractivity contribution in [3.63, 3.8) is 0 Å². The average Bonchev–Trinajstić information content (AvgIpc) is 2.38. The monoisotopic (exact) mass is 237 g/mol. The zero-order valence-corrected chi connectivity index (χ0v) is 11.7. The molecule has 93 valence electrons. The van der Waals surface area contributed by atoms with Crippen molar-refractivity contribution in [1.29, 1.82) is 0 Å². The molecule has 0 spiro atoms. The molecule has 0 atom stereocenters. The smallest absolute Gasteiger partial charge is 0.00676 e. The number of benzene rings is 2. The van der Waals surface area contributed by atoms with Gasteiger partial charge < -0.3 is 0 Å². The maximum atomic E-state index is 3.43. The van der Waals surface area contributed by atoms with Gasteiger partial charge in [-0.2, -0.15) is 0 Å². The van der Waals surface area contributed by atoms with E-state index in [1.807, 2.05) is 0 Å². The summed E-state index contributed by atoms with van der Waals surface area (Å²) >= 11 is 0. The first-order valence-electron chi connectivity index (χ1n) is 6.71. The quantitative estimate of drug-likeness (QED) is 0.670. The molecule has 1 radical (unpaired) electrons. The van der Waals surface area contributed by atoms with Crippen LogP contribution in [0.4, 0.5) is 0 Å². The lowest BCUT2D eigenvalue weighted by atomic mass is 9.84. The highest BCUT2D eigenvalue weighted by molar-refractivity contribution is 5.69. The highest BCUT2D eigenvalue weighted by atomic mass is 14.2. The Morgan fingerprint density at radius 1 is 0.833 bits per heavy atom. The Morgan fingerprint density at radius 3 is 2.06 bits per heavy atom. The van der Waals surface area contributed by atoms with Crippen molar-refractivity contribution in [2.75, 3.05) is 0 Å². The Kier molecular flexibility index (Phi) is 3.86. The molecule has 0 fully saturated rings. The summed E-state index contributed by atoms with van der Waals surface area (Å²) in [5.41, 5.74) is 5.42. The maximum Gasteiger partial charge on any atom is -0.00676 e. The minimum absolute atomic E-state index is 0.523. The highest BCUT2D eigenvalue weighted by Gasteiger charge is 2.15. The molecule has 0 heterocycles. The fraction of sp³-hybridized carbons (Fsp3) is 0.333. The summed E-state index contributed by atoms with van der Waals surface area (Å²) in [6.45, 7) is 9.05. The SMILES string of the molecule is CC(C)c1cc[c]c(-c2ccccc2)c1C(C)C. The molecule has 0 nitrogen and oxygen atoms in total. The van der Waals surface area contributed by atoms with Gasteiger partial charge in [0, 0.05) is 0 Å². The highest BCUT2D eigenvalue weighted by Crippen LogP contribution is 2.34. The van der Waals surface area contributed by atoms with Crippen LogP contribution in [0.2, 0.25) is 0 Å². The average molecular weight is 237 g/mol. The summed E-state index contributed by atoms with van der Waals surface area (Å²) in [5, 5.41) is 0. The Hall–Kier alpha value is -1.56. The van der Waals surface area contributed by atoms with E-state index in [-0.39, 0.29) is 0 Å². The normalized spacial score (nSPS) is 11.2. The molecule has 0 aliphatic carbocycles. The lowest BCUT2D eigenvalue weighted by Gasteiger charge is -2.20. The molecule has 2 aromatic carbocycles. The van der Waals surface area contributed by atoms with Gasteiger partial charge in [0.1, 0.15) is 0 Å². The van der Waals surface area contributed by atoms with Crippen LogP contribution >= 0.6 is 0 Å². The third-order valence-electron chi connectivity index (χ3n) is 3.33. The molecular formula is C18H21. The van der Waals surface area contributed by atoms with E-state index in [9.17, 15) is 0 Å². The Labute approximate surface area is 111 Å². The van der Waals surface area contributed by atoms with E-state index in [4.69, 9.17) is 0 Å². The van der Waals surface area contributed by atoms with E-state index in [2.05, 4.69) is 76.2 Å². The first kappa shape index (κ1) is 12.9. The van der Waals surface area contributed by atoms with Crippen LogP contribution in [0.5, 0.6) is 0 Å². The Morgan fingerprint density at radius 2 is 1.50 bits per heavy atom. The second-order valence-corrected chi connectivity index (χ2v) is 5.40. The van der Waals surface area contributed by atoms with Crippen LogP contribution in [0.25, 0.3) is 11.1 Å². The number of hydrogen-bond acceptors (Lipinski definition) is 0. The predicted molar refractivity (Wildman–Crippen MR) is 78.9 cm³/mol. The maximum absolute atomic E-state index is 3.43. The van der Waals surface area contributed by atoms with Crippen molar-refractivity contribution >= 4 is 0 Å². The first-order valence-corrected chi connectivity index (χ1v) is 6.71. The minimum Gasteiger partial charge on any atom is -0.0622 e. The molecule has 18 heavy (non-hydrogen) atoms. The van der Waals surface area contributed by atoms with Gasteiger partial charge in [-0.25, -0.2) is 0 Å². The Balaban J connectivity index is 2.64.